The van der Waals surface area contributed by atoms with Crippen molar-refractivity contribution in [2.75, 3.05) is 34.4 Å². The van der Waals surface area contributed by atoms with Crippen molar-refractivity contribution in [3.8, 4) is 5.75 Å². The highest BCUT2D eigenvalue weighted by Gasteiger charge is 2.27. The van der Waals surface area contributed by atoms with E-state index in [1.165, 1.54) is 4.90 Å². The summed E-state index contributed by atoms with van der Waals surface area (Å²) in [5.41, 5.74) is 13.3. The van der Waals surface area contributed by atoms with Crippen molar-refractivity contribution < 1.29 is 9.90 Å². The average Bonchev–Trinajstić information content (AvgIpc) is 3.35. The number of nitrogens with one attached hydrogen (secondary N) is 1. The molecular weight excluding hydrogens is 500 g/mol. The minimum Gasteiger partial charge on any atom is -0.505 e. The number of phenolic OH excluding ortho intramolecular Hbond substituents is 1. The number of benzene rings is 3. The van der Waals surface area contributed by atoms with Crippen molar-refractivity contribution in [3.05, 3.63) is 90.1 Å². The summed E-state index contributed by atoms with van der Waals surface area (Å²) in [6.07, 6.45) is 5.17. The second kappa shape index (κ2) is 11.0. The van der Waals surface area contributed by atoms with Gasteiger partial charge in [0, 0.05) is 30.1 Å². The van der Waals surface area contributed by atoms with Gasteiger partial charge in [0.15, 0.2) is 0 Å². The van der Waals surface area contributed by atoms with Crippen molar-refractivity contribution in [1.82, 2.24) is 10.5 Å². The predicted molar refractivity (Wildman–Crippen MR) is 155 cm³/mol. The van der Waals surface area contributed by atoms with E-state index in [0.717, 1.165) is 16.9 Å². The Bertz CT molecular complexity index is 1410. The molecule has 0 bridgehead atoms. The summed E-state index contributed by atoms with van der Waals surface area (Å²) < 4.78 is 0. The van der Waals surface area contributed by atoms with Gasteiger partial charge in [-0.2, -0.15) is 17.7 Å². The Labute approximate surface area is 226 Å². The van der Waals surface area contributed by atoms with Gasteiger partial charge in [0.25, 0.3) is 0 Å². The molecule has 10 nitrogen and oxygen atoms in total. The van der Waals surface area contributed by atoms with Gasteiger partial charge < -0.3 is 20.6 Å². The molecule has 38 heavy (non-hydrogen) atoms. The zero-order chi connectivity index (χ0) is 26.6. The molecule has 2 aliphatic heterocycles. The first-order valence-corrected chi connectivity index (χ1v) is 12.6. The second-order valence-electron chi connectivity index (χ2n) is 8.73. The number of amides is 1. The Morgan fingerprint density at radius 1 is 1.11 bits per heavy atom. The Kier molecular flexibility index (Phi) is 7.31. The molecule has 0 saturated heterocycles. The summed E-state index contributed by atoms with van der Waals surface area (Å²) in [6.45, 7) is 0.335. The van der Waals surface area contributed by atoms with Gasteiger partial charge in [0.2, 0.25) is 5.91 Å². The van der Waals surface area contributed by atoms with Gasteiger partial charge in [-0.15, -0.1) is 10.6 Å². The third-order valence-corrected chi connectivity index (χ3v) is 6.64. The number of nitrogens with two attached hydrogens (primary N) is 1. The number of nitrogens with zero attached hydrogens (tertiary/aromatic N) is 6. The number of likely N-dealkylation sites (N-methyl/N-ethyl adjacent to an activating group) is 1. The summed E-state index contributed by atoms with van der Waals surface area (Å²) in [6, 6.07) is 22.1. The molecule has 0 fully saturated rings. The first-order chi connectivity index (χ1) is 18.5. The van der Waals surface area contributed by atoms with Crippen LogP contribution in [0.15, 0.2) is 89.1 Å². The molecule has 1 amide bonds. The Hall–Kier alpha value is -4.32. The Balaban J connectivity index is 1.49. The van der Waals surface area contributed by atoms with Crippen molar-refractivity contribution in [3.63, 3.8) is 0 Å². The molecule has 5 rings (SSSR count). The molecule has 1 atom stereocenters. The molecule has 2 heterocycles. The number of hydrogen-bond donors (Lipinski definition) is 4. The molecule has 3 aromatic rings. The van der Waals surface area contributed by atoms with Crippen LogP contribution >= 0.6 is 12.6 Å². The van der Waals surface area contributed by atoms with Crippen LogP contribution in [-0.4, -0.2) is 54.1 Å². The number of aliphatic imine (C=N–C) groups is 1. The van der Waals surface area contributed by atoms with Crippen LogP contribution in [0.3, 0.4) is 0 Å². The number of hydrazone groups is 1. The lowest BCUT2D eigenvalue weighted by Crippen LogP contribution is -2.46. The zero-order valence-electron chi connectivity index (χ0n) is 20.7. The molecule has 0 spiro atoms. The Morgan fingerprint density at radius 3 is 2.66 bits per heavy atom. The van der Waals surface area contributed by atoms with Gasteiger partial charge in [-0.25, -0.2) is 0 Å². The highest BCUT2D eigenvalue weighted by molar-refractivity contribution is 7.80. The van der Waals surface area contributed by atoms with Gasteiger partial charge >= 0.3 is 0 Å². The summed E-state index contributed by atoms with van der Waals surface area (Å²) in [5.74, 6) is -0.214. The largest absolute Gasteiger partial charge is 0.505 e. The monoisotopic (exact) mass is 528 g/mol. The second-order valence-corrected chi connectivity index (χ2v) is 9.09. The van der Waals surface area contributed by atoms with E-state index >= 15 is 0 Å². The fraction of sp³-hybridized carbons (Fsp3) is 0.148. The van der Waals surface area contributed by atoms with E-state index in [2.05, 4.69) is 28.3 Å². The number of carbonyl (C=O) groups is 1. The van der Waals surface area contributed by atoms with Crippen molar-refractivity contribution in [2.24, 2.45) is 15.8 Å². The number of hydrazine groups is 2. The van der Waals surface area contributed by atoms with E-state index in [4.69, 9.17) is 5.73 Å². The topological polar surface area (TPSA) is 113 Å². The summed E-state index contributed by atoms with van der Waals surface area (Å²) in [4.78, 5) is 20.6. The average molecular weight is 529 g/mol. The number of aromatic hydroxyl groups is 1. The minimum absolute atomic E-state index is 0.0606. The van der Waals surface area contributed by atoms with Gasteiger partial charge in [-0.1, -0.05) is 42.5 Å². The van der Waals surface area contributed by atoms with Gasteiger partial charge in [0.1, 0.15) is 18.8 Å². The van der Waals surface area contributed by atoms with E-state index in [0.29, 0.717) is 23.6 Å². The third kappa shape index (κ3) is 4.94. The number of carbonyl (C=O) groups excluding carboxylic acids is 1. The molecule has 0 saturated carbocycles. The molecule has 0 aliphatic carbocycles. The number of phenols is 1. The number of rotatable bonds is 7. The van der Waals surface area contributed by atoms with Crippen LogP contribution in [0.25, 0.3) is 5.70 Å². The highest BCUT2D eigenvalue weighted by atomic mass is 32.1. The van der Waals surface area contributed by atoms with Crippen molar-refractivity contribution in [1.29, 1.82) is 0 Å². The SMILES string of the molecule is CN(C(=O)C(N)CS)c1cccc(C2=CN=Cc3ccccc3N2CN2C=NN(c3ccccc3)N2)c1O. The molecular formula is C27H28N8O2S. The van der Waals surface area contributed by atoms with E-state index in [9.17, 15) is 9.90 Å². The fourth-order valence-electron chi connectivity index (χ4n) is 4.25. The van der Waals surface area contributed by atoms with E-state index in [1.54, 1.807) is 49.1 Å². The lowest BCUT2D eigenvalue weighted by Gasteiger charge is -2.32. The van der Waals surface area contributed by atoms with Crippen LogP contribution in [0.2, 0.25) is 0 Å². The van der Waals surface area contributed by atoms with E-state index in [-0.39, 0.29) is 17.4 Å². The summed E-state index contributed by atoms with van der Waals surface area (Å²) >= 11 is 4.14. The van der Waals surface area contributed by atoms with Crippen LogP contribution in [0.5, 0.6) is 5.75 Å². The first kappa shape index (κ1) is 25.3. The summed E-state index contributed by atoms with van der Waals surface area (Å²) in [7, 11) is 1.58. The van der Waals surface area contributed by atoms with Crippen LogP contribution in [0, 0.1) is 0 Å². The molecule has 194 valence electrons. The molecule has 11 heteroatoms. The van der Waals surface area contributed by atoms with Crippen molar-refractivity contribution in [2.45, 2.75) is 6.04 Å². The maximum Gasteiger partial charge on any atom is 0.244 e. The molecule has 0 aromatic heterocycles. The first-order valence-electron chi connectivity index (χ1n) is 12.0. The zero-order valence-corrected chi connectivity index (χ0v) is 21.6. The number of anilines is 3. The smallest absolute Gasteiger partial charge is 0.244 e. The minimum atomic E-state index is -0.787. The maximum atomic E-state index is 12.7. The van der Waals surface area contributed by atoms with E-state index in [1.807, 2.05) is 64.5 Å². The molecule has 4 N–H and O–H groups in total. The predicted octanol–water partition coefficient (Wildman–Crippen LogP) is 2.99. The Morgan fingerprint density at radius 2 is 1.87 bits per heavy atom. The number of para-hydroxylation sites is 3. The van der Waals surface area contributed by atoms with Crippen LogP contribution in [0.4, 0.5) is 17.1 Å². The van der Waals surface area contributed by atoms with Gasteiger partial charge in [-0.05, 0) is 30.3 Å². The number of hydrogen-bond acceptors (Lipinski definition) is 10. The fourth-order valence-corrected chi connectivity index (χ4v) is 4.41. The molecule has 0 radical (unpaired) electrons. The standard InChI is InChI=1S/C27H28N8O2S/c1-32(27(37)22(28)16-38)24-13-7-11-21(26(24)36)25-15-29-14-19-8-5-6-12-23(19)34(25)18-33-17-30-35(31-33)20-9-3-2-4-10-20/h2-15,17,22,31,36,38H,16,18,28H2,1H3. The van der Waals surface area contributed by atoms with Crippen LogP contribution in [0.1, 0.15) is 11.1 Å². The number of thiol groups is 1. The third-order valence-electron chi connectivity index (χ3n) is 6.25. The molecule has 2 aliphatic rings. The molecule has 1 unspecified atom stereocenters. The number of fused-ring (bicyclic) bond motifs is 1. The van der Waals surface area contributed by atoms with Gasteiger partial charge in [-0.3, -0.25) is 14.8 Å². The lowest BCUT2D eigenvalue weighted by molar-refractivity contribution is -0.119. The van der Waals surface area contributed by atoms with Crippen LogP contribution in [-0.2, 0) is 4.79 Å². The van der Waals surface area contributed by atoms with Gasteiger partial charge in [0.05, 0.1) is 35.0 Å². The van der Waals surface area contributed by atoms with E-state index < -0.39 is 6.04 Å². The lowest BCUT2D eigenvalue weighted by atomic mass is 10.1. The highest BCUT2D eigenvalue weighted by Crippen LogP contribution is 2.39. The molecule has 3 aromatic carbocycles. The normalized spacial score (nSPS) is 15.2. The maximum absolute atomic E-state index is 12.7. The van der Waals surface area contributed by atoms with Crippen LogP contribution < -0.4 is 26.2 Å². The van der Waals surface area contributed by atoms with Crippen molar-refractivity contribution >= 4 is 53.8 Å². The summed E-state index contributed by atoms with van der Waals surface area (Å²) in [5, 5.41) is 19.3. The quantitative estimate of drug-likeness (QED) is 0.349.